The average molecular weight is 360 g/mol. The summed E-state index contributed by atoms with van der Waals surface area (Å²) < 4.78 is 0. The lowest BCUT2D eigenvalue weighted by Crippen LogP contribution is -2.54. The van der Waals surface area contributed by atoms with Crippen LogP contribution < -0.4 is 0 Å². The minimum Gasteiger partial charge on any atom is -0.481 e. The van der Waals surface area contributed by atoms with E-state index in [1.165, 1.54) is 4.90 Å². The summed E-state index contributed by atoms with van der Waals surface area (Å²) in [5.41, 5.74) is 2.13. The summed E-state index contributed by atoms with van der Waals surface area (Å²) in [6.45, 7) is 5.94. The van der Waals surface area contributed by atoms with Gasteiger partial charge in [0.15, 0.2) is 0 Å². The highest BCUT2D eigenvalue weighted by molar-refractivity contribution is 5.89. The zero-order chi connectivity index (χ0) is 19.4. The van der Waals surface area contributed by atoms with Gasteiger partial charge >= 0.3 is 5.97 Å². The molecule has 6 nitrogen and oxygen atoms in total. The van der Waals surface area contributed by atoms with Gasteiger partial charge in [-0.3, -0.25) is 14.4 Å². The molecular formula is C20H28N2O4. The van der Waals surface area contributed by atoms with E-state index in [9.17, 15) is 14.4 Å². The van der Waals surface area contributed by atoms with Crippen LogP contribution in [0.25, 0.3) is 0 Å². The lowest BCUT2D eigenvalue weighted by atomic mass is 9.91. The van der Waals surface area contributed by atoms with E-state index in [0.717, 1.165) is 11.1 Å². The molecule has 2 rings (SSSR count). The van der Waals surface area contributed by atoms with Crippen molar-refractivity contribution in [3.63, 3.8) is 0 Å². The Bertz CT molecular complexity index is 688. The fourth-order valence-electron chi connectivity index (χ4n) is 3.27. The van der Waals surface area contributed by atoms with E-state index in [1.807, 2.05) is 38.1 Å². The second kappa shape index (κ2) is 8.34. The zero-order valence-corrected chi connectivity index (χ0v) is 15.9. The summed E-state index contributed by atoms with van der Waals surface area (Å²) in [6, 6.07) is 7.26. The highest BCUT2D eigenvalue weighted by Gasteiger charge is 2.37. The molecule has 1 aromatic rings. The van der Waals surface area contributed by atoms with Crippen molar-refractivity contribution in [2.45, 2.75) is 46.2 Å². The quantitative estimate of drug-likeness (QED) is 0.843. The molecule has 0 aliphatic carbocycles. The molecule has 0 saturated heterocycles. The van der Waals surface area contributed by atoms with Crippen LogP contribution in [0.4, 0.5) is 0 Å². The van der Waals surface area contributed by atoms with Crippen LogP contribution in [0.15, 0.2) is 24.3 Å². The van der Waals surface area contributed by atoms with Crippen molar-refractivity contribution < 1.29 is 19.5 Å². The third kappa shape index (κ3) is 4.23. The molecule has 1 aliphatic rings. The Morgan fingerprint density at radius 2 is 1.81 bits per heavy atom. The molecule has 0 fully saturated rings. The van der Waals surface area contributed by atoms with Crippen molar-refractivity contribution in [1.82, 2.24) is 9.80 Å². The number of carbonyl (C=O) groups is 3. The van der Waals surface area contributed by atoms with Crippen LogP contribution in [-0.4, -0.2) is 52.3 Å². The number of rotatable bonds is 6. The zero-order valence-electron chi connectivity index (χ0n) is 15.9. The van der Waals surface area contributed by atoms with Gasteiger partial charge in [-0.1, -0.05) is 45.0 Å². The lowest BCUT2D eigenvalue weighted by molar-refractivity contribution is -0.150. The van der Waals surface area contributed by atoms with Crippen molar-refractivity contribution in [1.29, 1.82) is 0 Å². The highest BCUT2D eigenvalue weighted by Crippen LogP contribution is 2.26. The number of benzene rings is 1. The maximum absolute atomic E-state index is 13.0. The van der Waals surface area contributed by atoms with Crippen LogP contribution in [0.3, 0.4) is 0 Å². The van der Waals surface area contributed by atoms with Gasteiger partial charge in [0.05, 0.1) is 5.92 Å². The minimum absolute atomic E-state index is 0.0277. The number of carbonyl (C=O) groups excluding carboxylic acids is 2. The summed E-state index contributed by atoms with van der Waals surface area (Å²) in [6.07, 6.45) is 1.17. The molecule has 6 heteroatoms. The Hall–Kier alpha value is -2.37. The maximum atomic E-state index is 13.0. The number of hydrogen-bond donors (Lipinski definition) is 1. The largest absolute Gasteiger partial charge is 0.481 e. The molecule has 1 heterocycles. The van der Waals surface area contributed by atoms with Gasteiger partial charge in [-0.25, -0.2) is 0 Å². The predicted molar refractivity (Wildman–Crippen MR) is 98.4 cm³/mol. The van der Waals surface area contributed by atoms with Gasteiger partial charge in [-0.2, -0.15) is 0 Å². The van der Waals surface area contributed by atoms with Gasteiger partial charge in [-0.05, 0) is 17.5 Å². The van der Waals surface area contributed by atoms with Crippen molar-refractivity contribution in [2.75, 3.05) is 13.6 Å². The molecule has 1 N–H and O–H groups in total. The molecule has 3 unspecified atom stereocenters. The number of aliphatic carboxylic acids is 1. The Balaban J connectivity index is 2.27. The Morgan fingerprint density at radius 3 is 2.38 bits per heavy atom. The number of amides is 2. The topological polar surface area (TPSA) is 77.9 Å². The van der Waals surface area contributed by atoms with E-state index in [2.05, 4.69) is 0 Å². The van der Waals surface area contributed by atoms with E-state index in [1.54, 1.807) is 18.9 Å². The number of carboxylic acid groups (broad SMARTS) is 1. The van der Waals surface area contributed by atoms with Crippen LogP contribution in [0.2, 0.25) is 0 Å². The molecule has 26 heavy (non-hydrogen) atoms. The Labute approximate surface area is 154 Å². The number of nitrogens with zero attached hydrogens (tertiary/aromatic N) is 2. The third-order valence-corrected chi connectivity index (χ3v) is 5.20. The molecule has 142 valence electrons. The van der Waals surface area contributed by atoms with Gasteiger partial charge in [0.1, 0.15) is 6.04 Å². The second-order valence-electron chi connectivity index (χ2n) is 7.22. The van der Waals surface area contributed by atoms with Crippen LogP contribution in [0, 0.1) is 11.8 Å². The molecule has 2 amide bonds. The molecule has 0 radical (unpaired) electrons. The fraction of sp³-hybridized carbons (Fsp3) is 0.550. The Kier molecular flexibility index (Phi) is 6.40. The lowest BCUT2D eigenvalue weighted by Gasteiger charge is -2.39. The van der Waals surface area contributed by atoms with Crippen LogP contribution in [-0.2, 0) is 27.3 Å². The van der Waals surface area contributed by atoms with Gasteiger partial charge in [-0.15, -0.1) is 0 Å². The van der Waals surface area contributed by atoms with Gasteiger partial charge in [0.25, 0.3) is 0 Å². The number of fused-ring (bicyclic) bond motifs is 1. The first-order valence-electron chi connectivity index (χ1n) is 9.11. The van der Waals surface area contributed by atoms with Crippen LogP contribution >= 0.6 is 0 Å². The van der Waals surface area contributed by atoms with Gasteiger partial charge < -0.3 is 14.9 Å². The summed E-state index contributed by atoms with van der Waals surface area (Å²) in [4.78, 5) is 40.1. The molecule has 0 spiro atoms. The van der Waals surface area contributed by atoms with Crippen molar-refractivity contribution >= 4 is 17.8 Å². The second-order valence-corrected chi connectivity index (χ2v) is 7.22. The van der Waals surface area contributed by atoms with E-state index in [0.29, 0.717) is 19.4 Å². The number of likely N-dealkylation sites (N-methyl/N-ethyl adjacent to an activating group) is 1. The average Bonchev–Trinajstić information content (AvgIpc) is 2.64. The number of carboxylic acids is 1. The van der Waals surface area contributed by atoms with Gasteiger partial charge in [0.2, 0.25) is 11.8 Å². The molecule has 0 saturated carbocycles. The van der Waals surface area contributed by atoms with Crippen molar-refractivity contribution in [3.05, 3.63) is 35.4 Å². The van der Waals surface area contributed by atoms with E-state index in [4.69, 9.17) is 5.11 Å². The SMILES string of the molecule is CCC(C)C(=O)N1Cc2ccccc2CC1C(=O)N(C)CC(C)C(=O)O. The molecule has 1 aliphatic heterocycles. The molecular weight excluding hydrogens is 332 g/mol. The molecule has 0 aromatic heterocycles. The monoisotopic (exact) mass is 360 g/mol. The smallest absolute Gasteiger partial charge is 0.308 e. The maximum Gasteiger partial charge on any atom is 0.308 e. The minimum atomic E-state index is -0.939. The third-order valence-electron chi connectivity index (χ3n) is 5.20. The van der Waals surface area contributed by atoms with E-state index >= 15 is 0 Å². The normalized spacial score (nSPS) is 18.6. The highest BCUT2D eigenvalue weighted by atomic mass is 16.4. The summed E-state index contributed by atoms with van der Waals surface area (Å²) >= 11 is 0. The van der Waals surface area contributed by atoms with E-state index in [-0.39, 0.29) is 24.3 Å². The van der Waals surface area contributed by atoms with Crippen LogP contribution in [0.5, 0.6) is 0 Å². The van der Waals surface area contributed by atoms with Crippen molar-refractivity contribution in [3.8, 4) is 0 Å². The first kappa shape index (κ1) is 19.9. The molecule has 0 bridgehead atoms. The Morgan fingerprint density at radius 1 is 1.19 bits per heavy atom. The standard InChI is InChI=1S/C20H28N2O4/c1-5-13(2)18(23)22-12-16-9-7-6-8-15(16)10-17(22)19(24)21(4)11-14(3)20(25)26/h6-9,13-14,17H,5,10-12H2,1-4H3,(H,25,26). The predicted octanol–water partition coefficient (Wildman–Crippen LogP) is 2.17. The van der Waals surface area contributed by atoms with Crippen molar-refractivity contribution in [2.24, 2.45) is 11.8 Å². The number of hydrogen-bond acceptors (Lipinski definition) is 3. The molecule has 1 aromatic carbocycles. The fourth-order valence-corrected chi connectivity index (χ4v) is 3.27. The summed E-state index contributed by atoms with van der Waals surface area (Å²) in [7, 11) is 1.61. The first-order chi connectivity index (χ1) is 12.3. The van der Waals surface area contributed by atoms with Crippen LogP contribution in [0.1, 0.15) is 38.3 Å². The molecule has 3 atom stereocenters. The van der Waals surface area contributed by atoms with Gasteiger partial charge in [0, 0.05) is 32.5 Å². The van der Waals surface area contributed by atoms with E-state index < -0.39 is 17.9 Å². The summed E-state index contributed by atoms with van der Waals surface area (Å²) in [5, 5.41) is 9.10. The summed E-state index contributed by atoms with van der Waals surface area (Å²) in [5.74, 6) is -1.98. The first-order valence-corrected chi connectivity index (χ1v) is 9.11.